The Bertz CT molecular complexity index is 2940. The standard InChI is InChI=1S/C48H28O/c1-2-8-29(9-3-1)35-24-36(26-37(25-35)39-21-18-32-17-16-30-11-6-12-31-19-22-42(39)47(32)46(30)31)33-20-23-44-43(27-33)41-15-7-14-40-38-13-5-4-10-34(38)28-45(49-44)48(40)41/h1-28H. The van der Waals surface area contributed by atoms with E-state index in [1.165, 1.54) is 92.8 Å². The molecule has 1 aliphatic heterocycles. The highest BCUT2D eigenvalue weighted by Crippen LogP contribution is 2.50. The van der Waals surface area contributed by atoms with Crippen molar-refractivity contribution in [3.63, 3.8) is 0 Å². The van der Waals surface area contributed by atoms with Crippen molar-refractivity contribution in [3.05, 3.63) is 170 Å². The number of rotatable bonds is 3. The Labute approximate surface area is 283 Å². The van der Waals surface area contributed by atoms with Gasteiger partial charge in [0.15, 0.2) is 0 Å². The van der Waals surface area contributed by atoms with Gasteiger partial charge in [0.05, 0.1) is 0 Å². The first-order valence-corrected chi connectivity index (χ1v) is 16.9. The second-order valence-corrected chi connectivity index (χ2v) is 13.3. The summed E-state index contributed by atoms with van der Waals surface area (Å²) in [6, 6.07) is 62.2. The molecule has 11 rings (SSSR count). The van der Waals surface area contributed by atoms with E-state index in [-0.39, 0.29) is 0 Å². The van der Waals surface area contributed by atoms with Crippen molar-refractivity contribution in [2.45, 2.75) is 0 Å². The first kappa shape index (κ1) is 26.6. The molecule has 1 aliphatic rings. The average Bonchev–Trinajstić information content (AvgIpc) is 3.17. The Morgan fingerprint density at radius 2 is 0.939 bits per heavy atom. The second-order valence-electron chi connectivity index (χ2n) is 13.3. The summed E-state index contributed by atoms with van der Waals surface area (Å²) in [5.74, 6) is 1.82. The molecule has 0 saturated heterocycles. The summed E-state index contributed by atoms with van der Waals surface area (Å²) in [6.45, 7) is 0. The van der Waals surface area contributed by atoms with Gasteiger partial charge in [-0.3, -0.25) is 0 Å². The van der Waals surface area contributed by atoms with E-state index in [9.17, 15) is 0 Å². The SMILES string of the molecule is c1ccc(-c2cc(-c3ccc4c(c3)-c3cccc5c3c(cc3ccccc35)O4)cc(-c3ccc4ccc5cccc6ccc3c4c56)c2)cc1. The highest BCUT2D eigenvalue weighted by molar-refractivity contribution is 6.25. The van der Waals surface area contributed by atoms with Crippen molar-refractivity contribution in [1.29, 1.82) is 0 Å². The zero-order chi connectivity index (χ0) is 32.1. The highest BCUT2D eigenvalue weighted by atomic mass is 16.5. The molecule has 0 radical (unpaired) electrons. The van der Waals surface area contributed by atoms with Crippen LogP contribution in [0.2, 0.25) is 0 Å². The predicted octanol–water partition coefficient (Wildman–Crippen LogP) is 13.7. The Hall–Kier alpha value is -6.44. The summed E-state index contributed by atoms with van der Waals surface area (Å²) in [4.78, 5) is 0. The number of benzene rings is 10. The normalized spacial score (nSPS) is 12.2. The van der Waals surface area contributed by atoms with E-state index in [0.29, 0.717) is 0 Å². The third kappa shape index (κ3) is 3.94. The summed E-state index contributed by atoms with van der Waals surface area (Å²) in [5.41, 5.74) is 9.55. The van der Waals surface area contributed by atoms with Crippen LogP contribution < -0.4 is 4.74 Å². The molecule has 0 spiro atoms. The average molecular weight is 621 g/mol. The van der Waals surface area contributed by atoms with Gasteiger partial charge in [-0.2, -0.15) is 0 Å². The van der Waals surface area contributed by atoms with Crippen LogP contribution in [0.5, 0.6) is 11.5 Å². The smallest absolute Gasteiger partial charge is 0.136 e. The monoisotopic (exact) mass is 620 g/mol. The van der Waals surface area contributed by atoms with Crippen molar-refractivity contribution in [3.8, 4) is 56.0 Å². The maximum absolute atomic E-state index is 6.64. The molecule has 0 saturated carbocycles. The molecule has 10 aromatic rings. The molecule has 0 aromatic heterocycles. The zero-order valence-corrected chi connectivity index (χ0v) is 26.6. The zero-order valence-electron chi connectivity index (χ0n) is 26.6. The van der Waals surface area contributed by atoms with Crippen molar-refractivity contribution in [2.75, 3.05) is 0 Å². The molecule has 0 N–H and O–H groups in total. The maximum Gasteiger partial charge on any atom is 0.136 e. The van der Waals surface area contributed by atoms with Crippen molar-refractivity contribution in [2.24, 2.45) is 0 Å². The van der Waals surface area contributed by atoms with E-state index >= 15 is 0 Å². The van der Waals surface area contributed by atoms with Crippen LogP contribution in [0.25, 0.3) is 98.4 Å². The van der Waals surface area contributed by atoms with Gasteiger partial charge in [0, 0.05) is 10.9 Å². The molecule has 1 heteroatoms. The lowest BCUT2D eigenvalue weighted by Crippen LogP contribution is -1.98. The third-order valence-electron chi connectivity index (χ3n) is 10.6. The van der Waals surface area contributed by atoms with Gasteiger partial charge in [-0.05, 0) is 124 Å². The van der Waals surface area contributed by atoms with E-state index in [1.807, 2.05) is 0 Å². The Morgan fingerprint density at radius 3 is 1.82 bits per heavy atom. The molecular weight excluding hydrogens is 593 g/mol. The lowest BCUT2D eigenvalue weighted by molar-refractivity contribution is 0.488. The molecule has 1 heterocycles. The number of ether oxygens (including phenoxy) is 1. The van der Waals surface area contributed by atoms with Crippen LogP contribution in [0.1, 0.15) is 0 Å². The van der Waals surface area contributed by atoms with Gasteiger partial charge in [0.2, 0.25) is 0 Å². The largest absolute Gasteiger partial charge is 0.456 e. The number of fused-ring (bicyclic) bond motifs is 4. The summed E-state index contributed by atoms with van der Waals surface area (Å²) in [6.07, 6.45) is 0. The molecule has 226 valence electrons. The first-order chi connectivity index (χ1) is 24.3. The van der Waals surface area contributed by atoms with E-state index in [0.717, 1.165) is 17.1 Å². The van der Waals surface area contributed by atoms with E-state index in [2.05, 4.69) is 170 Å². The van der Waals surface area contributed by atoms with Crippen LogP contribution in [0.3, 0.4) is 0 Å². The summed E-state index contributed by atoms with van der Waals surface area (Å²) < 4.78 is 6.64. The predicted molar refractivity (Wildman–Crippen MR) is 207 cm³/mol. The second kappa shape index (κ2) is 10.0. The van der Waals surface area contributed by atoms with Gasteiger partial charge in [0.25, 0.3) is 0 Å². The van der Waals surface area contributed by atoms with Crippen LogP contribution in [0, 0.1) is 0 Å². The minimum Gasteiger partial charge on any atom is -0.456 e. The highest BCUT2D eigenvalue weighted by Gasteiger charge is 2.22. The minimum absolute atomic E-state index is 0.894. The van der Waals surface area contributed by atoms with Gasteiger partial charge in [0.1, 0.15) is 11.5 Å². The fourth-order valence-electron chi connectivity index (χ4n) is 8.29. The summed E-state index contributed by atoms with van der Waals surface area (Å²) in [7, 11) is 0. The van der Waals surface area contributed by atoms with Crippen LogP contribution in [-0.4, -0.2) is 0 Å². The molecule has 0 unspecified atom stereocenters. The van der Waals surface area contributed by atoms with E-state index < -0.39 is 0 Å². The molecule has 49 heavy (non-hydrogen) atoms. The van der Waals surface area contributed by atoms with Crippen LogP contribution in [-0.2, 0) is 0 Å². The molecule has 1 nitrogen and oxygen atoms in total. The first-order valence-electron chi connectivity index (χ1n) is 16.9. The molecule has 0 fully saturated rings. The molecule has 0 aliphatic carbocycles. The number of hydrogen-bond donors (Lipinski definition) is 0. The van der Waals surface area contributed by atoms with E-state index in [1.54, 1.807) is 0 Å². The number of hydrogen-bond acceptors (Lipinski definition) is 1. The topological polar surface area (TPSA) is 9.23 Å². The van der Waals surface area contributed by atoms with Gasteiger partial charge in [-0.25, -0.2) is 0 Å². The Kier molecular flexibility index (Phi) is 5.45. The van der Waals surface area contributed by atoms with E-state index in [4.69, 9.17) is 4.74 Å². The minimum atomic E-state index is 0.894. The van der Waals surface area contributed by atoms with Crippen LogP contribution >= 0.6 is 0 Å². The Balaban J connectivity index is 1.14. The van der Waals surface area contributed by atoms with Crippen molar-refractivity contribution in [1.82, 2.24) is 0 Å². The maximum atomic E-state index is 6.64. The van der Waals surface area contributed by atoms with Crippen LogP contribution in [0.4, 0.5) is 0 Å². The molecule has 0 atom stereocenters. The van der Waals surface area contributed by atoms with Crippen molar-refractivity contribution >= 4 is 53.9 Å². The molecule has 0 amide bonds. The van der Waals surface area contributed by atoms with Gasteiger partial charge < -0.3 is 4.74 Å². The lowest BCUT2D eigenvalue weighted by Gasteiger charge is -2.23. The summed E-state index contributed by atoms with van der Waals surface area (Å²) >= 11 is 0. The molecule has 0 bridgehead atoms. The third-order valence-corrected chi connectivity index (χ3v) is 10.6. The molecule has 10 aromatic carbocycles. The van der Waals surface area contributed by atoms with Gasteiger partial charge in [-0.1, -0.05) is 133 Å². The van der Waals surface area contributed by atoms with Crippen molar-refractivity contribution < 1.29 is 4.74 Å². The molecular formula is C48H28O. The quantitative estimate of drug-likeness (QED) is 0.179. The lowest BCUT2D eigenvalue weighted by atomic mass is 9.87. The van der Waals surface area contributed by atoms with Crippen LogP contribution in [0.15, 0.2) is 170 Å². The fourth-order valence-corrected chi connectivity index (χ4v) is 8.29. The van der Waals surface area contributed by atoms with Gasteiger partial charge in [-0.15, -0.1) is 0 Å². The summed E-state index contributed by atoms with van der Waals surface area (Å²) in [5, 5.41) is 12.7. The van der Waals surface area contributed by atoms with Gasteiger partial charge >= 0.3 is 0 Å². The Morgan fingerprint density at radius 1 is 0.265 bits per heavy atom. The fraction of sp³-hybridized carbons (Fsp3) is 0.